The lowest BCUT2D eigenvalue weighted by Crippen LogP contribution is -2.36. The molecule has 0 radical (unpaired) electrons. The molecule has 0 saturated carbocycles. The van der Waals surface area contributed by atoms with Gasteiger partial charge in [-0.3, -0.25) is 9.59 Å². The van der Waals surface area contributed by atoms with Gasteiger partial charge in [-0.25, -0.2) is 0 Å². The minimum atomic E-state index is -0.123. The number of carbonyl (C=O) groups excluding carboxylic acids is 2. The van der Waals surface area contributed by atoms with Crippen LogP contribution in [0, 0.1) is 0 Å². The predicted molar refractivity (Wildman–Crippen MR) is 75.0 cm³/mol. The van der Waals surface area contributed by atoms with E-state index >= 15 is 0 Å². The van der Waals surface area contributed by atoms with Crippen LogP contribution in [-0.4, -0.2) is 38.1 Å². The first-order chi connectivity index (χ1) is 9.65. The Morgan fingerprint density at radius 2 is 2.35 bits per heavy atom. The van der Waals surface area contributed by atoms with Crippen molar-refractivity contribution in [1.29, 1.82) is 0 Å². The standard InChI is InChI=1S/C14H17N3O3/c1-17-11-7-9(4-5-12(11)20-8-13(17)18)16-14(19)10-3-2-6-15-10/h4-5,7,10,15H,2-3,6,8H2,1H3,(H,16,19). The average Bonchev–Trinajstić information content (AvgIpc) is 2.98. The number of hydrogen-bond acceptors (Lipinski definition) is 4. The van der Waals surface area contributed by atoms with Crippen LogP contribution in [0.4, 0.5) is 11.4 Å². The van der Waals surface area contributed by atoms with Crippen LogP contribution in [0.3, 0.4) is 0 Å². The molecule has 1 saturated heterocycles. The van der Waals surface area contributed by atoms with Gasteiger partial charge in [-0.05, 0) is 37.6 Å². The molecule has 1 aromatic rings. The average molecular weight is 275 g/mol. The second-order valence-corrected chi connectivity index (χ2v) is 5.06. The topological polar surface area (TPSA) is 70.7 Å². The molecule has 20 heavy (non-hydrogen) atoms. The zero-order valence-corrected chi connectivity index (χ0v) is 11.3. The van der Waals surface area contributed by atoms with Crippen molar-refractivity contribution in [3.05, 3.63) is 18.2 Å². The van der Waals surface area contributed by atoms with Crippen LogP contribution in [-0.2, 0) is 9.59 Å². The molecule has 0 spiro atoms. The maximum absolute atomic E-state index is 12.0. The lowest BCUT2D eigenvalue weighted by Gasteiger charge is -2.26. The summed E-state index contributed by atoms with van der Waals surface area (Å²) in [5, 5.41) is 6.03. The van der Waals surface area contributed by atoms with Gasteiger partial charge in [0.25, 0.3) is 5.91 Å². The van der Waals surface area contributed by atoms with Gasteiger partial charge in [0.2, 0.25) is 5.91 Å². The summed E-state index contributed by atoms with van der Waals surface area (Å²) < 4.78 is 5.35. The first-order valence-corrected chi connectivity index (χ1v) is 6.73. The molecule has 2 amide bonds. The molecule has 0 bridgehead atoms. The third kappa shape index (κ3) is 2.34. The number of nitrogens with zero attached hydrogens (tertiary/aromatic N) is 1. The van der Waals surface area contributed by atoms with Crippen LogP contribution in [0.2, 0.25) is 0 Å². The van der Waals surface area contributed by atoms with Gasteiger partial charge in [-0.1, -0.05) is 0 Å². The number of ether oxygens (including phenoxy) is 1. The quantitative estimate of drug-likeness (QED) is 0.835. The Bertz CT molecular complexity index is 553. The minimum absolute atomic E-state index is 0.0341. The SMILES string of the molecule is CN1C(=O)COc2ccc(NC(=O)C3CCCN3)cc21. The number of anilines is 2. The van der Waals surface area contributed by atoms with Crippen LogP contribution in [0.15, 0.2) is 18.2 Å². The summed E-state index contributed by atoms with van der Waals surface area (Å²) in [6.45, 7) is 0.939. The van der Waals surface area contributed by atoms with Crippen LogP contribution in [0.1, 0.15) is 12.8 Å². The van der Waals surface area contributed by atoms with E-state index in [1.807, 2.05) is 0 Å². The Morgan fingerprint density at radius 1 is 1.50 bits per heavy atom. The molecule has 3 rings (SSSR count). The van der Waals surface area contributed by atoms with Crippen LogP contribution in [0.5, 0.6) is 5.75 Å². The maximum Gasteiger partial charge on any atom is 0.264 e. The molecule has 0 aromatic heterocycles. The fourth-order valence-electron chi connectivity index (χ4n) is 2.49. The highest BCUT2D eigenvalue weighted by atomic mass is 16.5. The van der Waals surface area contributed by atoms with E-state index in [-0.39, 0.29) is 24.5 Å². The number of rotatable bonds is 2. The van der Waals surface area contributed by atoms with E-state index in [1.54, 1.807) is 30.1 Å². The van der Waals surface area contributed by atoms with Gasteiger partial charge >= 0.3 is 0 Å². The number of benzene rings is 1. The van der Waals surface area contributed by atoms with Crippen LogP contribution < -0.4 is 20.3 Å². The van der Waals surface area contributed by atoms with E-state index < -0.39 is 0 Å². The second-order valence-electron chi connectivity index (χ2n) is 5.06. The van der Waals surface area contributed by atoms with E-state index in [0.717, 1.165) is 19.4 Å². The lowest BCUT2D eigenvalue weighted by atomic mass is 10.2. The van der Waals surface area contributed by atoms with E-state index in [0.29, 0.717) is 17.1 Å². The molecule has 6 nitrogen and oxygen atoms in total. The molecule has 1 fully saturated rings. The molecule has 1 atom stereocenters. The molecular formula is C14H17N3O3. The third-order valence-corrected chi connectivity index (χ3v) is 3.69. The summed E-state index contributed by atoms with van der Waals surface area (Å²) in [4.78, 5) is 25.2. The van der Waals surface area contributed by atoms with Crippen molar-refractivity contribution < 1.29 is 14.3 Å². The summed E-state index contributed by atoms with van der Waals surface area (Å²) in [6, 6.07) is 5.20. The minimum Gasteiger partial charge on any atom is -0.482 e. The number of amides is 2. The Morgan fingerprint density at radius 3 is 3.10 bits per heavy atom. The highest BCUT2D eigenvalue weighted by Gasteiger charge is 2.24. The van der Waals surface area contributed by atoms with Gasteiger partial charge in [0.15, 0.2) is 6.61 Å². The van der Waals surface area contributed by atoms with Crippen molar-refractivity contribution in [1.82, 2.24) is 5.32 Å². The number of likely N-dealkylation sites (N-methyl/N-ethyl adjacent to an activating group) is 1. The van der Waals surface area contributed by atoms with Crippen LogP contribution >= 0.6 is 0 Å². The predicted octanol–water partition coefficient (Wildman–Crippen LogP) is 0.732. The summed E-state index contributed by atoms with van der Waals surface area (Å²) in [7, 11) is 1.70. The summed E-state index contributed by atoms with van der Waals surface area (Å²) in [5.74, 6) is 0.524. The van der Waals surface area contributed by atoms with E-state index in [4.69, 9.17) is 4.74 Å². The Hall–Kier alpha value is -2.08. The van der Waals surface area contributed by atoms with Gasteiger partial charge in [-0.15, -0.1) is 0 Å². The number of nitrogens with one attached hydrogen (secondary N) is 2. The molecule has 0 aliphatic carbocycles. The third-order valence-electron chi connectivity index (χ3n) is 3.69. The molecule has 1 aromatic carbocycles. The van der Waals surface area contributed by atoms with E-state index in [1.165, 1.54) is 0 Å². The maximum atomic E-state index is 12.0. The van der Waals surface area contributed by atoms with Gasteiger partial charge in [0, 0.05) is 12.7 Å². The monoisotopic (exact) mass is 275 g/mol. The van der Waals surface area contributed by atoms with Crippen molar-refractivity contribution in [3.63, 3.8) is 0 Å². The van der Waals surface area contributed by atoms with Crippen molar-refractivity contribution in [3.8, 4) is 5.75 Å². The van der Waals surface area contributed by atoms with Crippen LogP contribution in [0.25, 0.3) is 0 Å². The molecule has 2 heterocycles. The van der Waals surface area contributed by atoms with Crippen molar-refractivity contribution in [2.24, 2.45) is 0 Å². The van der Waals surface area contributed by atoms with Gasteiger partial charge in [0.1, 0.15) is 5.75 Å². The summed E-state index contributed by atoms with van der Waals surface area (Å²) in [6.07, 6.45) is 1.88. The van der Waals surface area contributed by atoms with Crippen molar-refractivity contribution in [2.75, 3.05) is 30.4 Å². The fourth-order valence-corrected chi connectivity index (χ4v) is 2.49. The summed E-state index contributed by atoms with van der Waals surface area (Å²) in [5.41, 5.74) is 1.35. The van der Waals surface area contributed by atoms with E-state index in [9.17, 15) is 9.59 Å². The molecule has 2 N–H and O–H groups in total. The van der Waals surface area contributed by atoms with Gasteiger partial charge < -0.3 is 20.3 Å². The Kier molecular flexibility index (Phi) is 3.31. The highest BCUT2D eigenvalue weighted by molar-refractivity contribution is 6.00. The fraction of sp³-hybridized carbons (Fsp3) is 0.429. The smallest absolute Gasteiger partial charge is 0.264 e. The second kappa shape index (κ2) is 5.13. The highest BCUT2D eigenvalue weighted by Crippen LogP contribution is 2.33. The molecule has 1 unspecified atom stereocenters. The van der Waals surface area contributed by atoms with Gasteiger partial charge in [-0.2, -0.15) is 0 Å². The lowest BCUT2D eigenvalue weighted by molar-refractivity contribution is -0.121. The Labute approximate surface area is 117 Å². The zero-order valence-electron chi connectivity index (χ0n) is 11.3. The van der Waals surface area contributed by atoms with Crippen molar-refractivity contribution >= 4 is 23.2 Å². The molecular weight excluding hydrogens is 258 g/mol. The van der Waals surface area contributed by atoms with Crippen molar-refractivity contribution in [2.45, 2.75) is 18.9 Å². The molecule has 106 valence electrons. The normalized spacial score (nSPS) is 21.4. The first kappa shape index (κ1) is 12.9. The molecule has 6 heteroatoms. The van der Waals surface area contributed by atoms with Gasteiger partial charge in [0.05, 0.1) is 11.7 Å². The van der Waals surface area contributed by atoms with E-state index in [2.05, 4.69) is 10.6 Å². The number of hydrogen-bond donors (Lipinski definition) is 2. The summed E-state index contributed by atoms with van der Waals surface area (Å²) >= 11 is 0. The molecule has 2 aliphatic rings. The first-order valence-electron chi connectivity index (χ1n) is 6.73. The Balaban J connectivity index is 1.78. The largest absolute Gasteiger partial charge is 0.482 e. The number of carbonyl (C=O) groups is 2. The zero-order chi connectivity index (χ0) is 14.1. The molecule has 2 aliphatic heterocycles. The number of fused-ring (bicyclic) bond motifs is 1.